The van der Waals surface area contributed by atoms with E-state index in [1.54, 1.807) is 0 Å². The minimum absolute atomic E-state index is 0.0906. The standard InChI is InChI=1S/C11H16I18N4/c1-6-7(2)32-8(30-6)31-33(9(3,4)5)10(24(14)15,25(16)22-12)11(32,26(17)28(19)20)27(18)29(21)23-13/h1-5H3,(H,30,31)/q-2. The molecular formula is C11H16I18N4-2. The Kier molecular flexibility index (Phi) is 22.8. The predicted octanol–water partition coefficient (Wildman–Crippen LogP) is 9.58. The number of halogens is 18. The molecule has 0 saturated carbocycles. The van der Waals surface area contributed by atoms with Crippen molar-refractivity contribution in [2.45, 2.75) is 43.3 Å². The van der Waals surface area contributed by atoms with Gasteiger partial charge in [0, 0.05) is 0 Å². The molecule has 1 aliphatic rings. The SMILES string of the molecule is Cc1nc2n(c1C)C(I(I)I(I)I)(I(I)I(I)[I-]I)C(I(I)I)(I(I)[I-]I)N(C(C)(C)C)N2. The molecule has 0 fully saturated rings. The van der Waals surface area contributed by atoms with Crippen molar-refractivity contribution in [3.05, 3.63) is 11.4 Å². The van der Waals surface area contributed by atoms with Crippen LogP contribution in [0.15, 0.2) is 0 Å². The van der Waals surface area contributed by atoms with Gasteiger partial charge < -0.3 is 0 Å². The first kappa shape index (κ1) is 41.3. The Morgan fingerprint density at radius 1 is 0.879 bits per heavy atom. The van der Waals surface area contributed by atoms with E-state index >= 15 is 0 Å². The summed E-state index contributed by atoms with van der Waals surface area (Å²) in [6.07, 6.45) is 0. The Balaban J connectivity index is 3.27. The van der Waals surface area contributed by atoms with E-state index in [4.69, 9.17) is 4.98 Å². The van der Waals surface area contributed by atoms with Gasteiger partial charge in [-0.2, -0.15) is 0 Å². The molecule has 22 heteroatoms. The Bertz CT molecular complexity index is 829. The molecule has 2 atom stereocenters. The predicted molar refractivity (Wildman–Crippen MR) is 282 cm³/mol. The van der Waals surface area contributed by atoms with Crippen LogP contribution < -0.4 is 31.9 Å². The number of aromatic nitrogens is 2. The Morgan fingerprint density at radius 2 is 1.42 bits per heavy atom. The molecular weight excluding hydrogens is 2470 g/mol. The van der Waals surface area contributed by atoms with E-state index in [9.17, 15) is 0 Å². The molecule has 208 valence electrons. The molecule has 1 aromatic heterocycles. The summed E-state index contributed by atoms with van der Waals surface area (Å²) in [4.78, 5) is 5.25. The minimum atomic E-state index is -1.39. The van der Waals surface area contributed by atoms with Crippen LogP contribution in [0.3, 0.4) is 0 Å². The topological polar surface area (TPSA) is 33.1 Å². The maximum atomic E-state index is 5.25. The van der Waals surface area contributed by atoms with Crippen LogP contribution in [0.2, 0.25) is 0 Å². The number of imidazole rings is 1. The maximum absolute atomic E-state index is 5.25. The number of aryl methyl sites for hydroxylation is 1. The summed E-state index contributed by atoms with van der Waals surface area (Å²) in [5.74, 6) is 1.20. The van der Waals surface area contributed by atoms with Crippen LogP contribution in [-0.2, 0) is 1.55 Å². The second kappa shape index (κ2) is 18.2. The third-order valence-corrected chi connectivity index (χ3v) is 432. The average molecular weight is 2490 g/mol. The summed E-state index contributed by atoms with van der Waals surface area (Å²) >= 11 is 25.6. The molecule has 0 bridgehead atoms. The number of nitrogens with one attached hydrogen (secondary N) is 1. The molecule has 0 aliphatic carbocycles. The van der Waals surface area contributed by atoms with E-state index in [0.717, 1.165) is 0 Å². The van der Waals surface area contributed by atoms with Crippen LogP contribution in [0.25, 0.3) is 0 Å². The van der Waals surface area contributed by atoms with Crippen molar-refractivity contribution in [1.29, 1.82) is 0 Å². The third-order valence-electron chi connectivity index (χ3n) is 4.19. The molecule has 2 rings (SSSR count). The van der Waals surface area contributed by atoms with E-state index in [-0.39, 0.29) is 18.8 Å². The summed E-state index contributed by atoms with van der Waals surface area (Å²) in [5.41, 5.74) is 6.93. The first-order valence-electron chi connectivity index (χ1n) is 7.79. The van der Waals surface area contributed by atoms with Crippen molar-refractivity contribution in [2.24, 2.45) is 0 Å². The van der Waals surface area contributed by atoms with Gasteiger partial charge in [-0.15, -0.1) is 0 Å². The summed E-state index contributed by atoms with van der Waals surface area (Å²) in [6.45, 7) is 12.1. The zero-order valence-electron chi connectivity index (χ0n) is 16.6. The zero-order valence-corrected chi connectivity index (χ0v) is 55.5. The van der Waals surface area contributed by atoms with Crippen LogP contribution in [0.5, 0.6) is 0 Å². The van der Waals surface area contributed by atoms with Gasteiger partial charge in [-0.1, -0.05) is 0 Å². The molecule has 4 nitrogen and oxygen atoms in total. The number of hydrogen-bond donors (Lipinski definition) is 1. The van der Waals surface area contributed by atoms with E-state index in [0.29, 0.717) is 16.4 Å². The van der Waals surface area contributed by atoms with Gasteiger partial charge >= 0.3 is 357 Å². The van der Waals surface area contributed by atoms with Crippen molar-refractivity contribution in [2.75, 3.05) is 5.43 Å². The molecule has 2 heterocycles. The van der Waals surface area contributed by atoms with Crippen LogP contribution in [-0.4, -0.2) is 21.7 Å². The van der Waals surface area contributed by atoms with E-state index in [1.807, 2.05) is 0 Å². The summed E-state index contributed by atoms with van der Waals surface area (Å²) in [5, 5.41) is 2.92. The van der Waals surface area contributed by atoms with Gasteiger partial charge in [-0.25, -0.2) is 0 Å². The average Bonchev–Trinajstić information content (AvgIpc) is 3.02. The molecule has 0 amide bonds. The number of rotatable bonds is 8. The molecule has 1 N–H and O–H groups in total. The Hall–Kier alpha value is 12.1. The first-order valence-corrected chi connectivity index (χ1v) is 100. The fourth-order valence-corrected chi connectivity index (χ4v) is 521. The summed E-state index contributed by atoms with van der Waals surface area (Å²) < 4.78 is 3.84. The van der Waals surface area contributed by atoms with E-state index in [2.05, 4.69) is 236 Å². The number of fused-ring (bicyclic) bond motifs is 1. The van der Waals surface area contributed by atoms with Gasteiger partial charge in [0.2, 0.25) is 0 Å². The molecule has 0 radical (unpaired) electrons. The Morgan fingerprint density at radius 3 is 1.82 bits per heavy atom. The van der Waals surface area contributed by atoms with Crippen LogP contribution in [0.1, 0.15) is 32.2 Å². The number of nitrogens with zero attached hydrogens (tertiary/aromatic N) is 3. The number of anilines is 1. The van der Waals surface area contributed by atoms with Crippen LogP contribution in [0, 0.1) is 13.8 Å². The van der Waals surface area contributed by atoms with Crippen molar-refractivity contribution < 1.29 is 26.5 Å². The number of alkyl halides is 4. The van der Waals surface area contributed by atoms with Gasteiger partial charge in [0.1, 0.15) is 0 Å². The monoisotopic (exact) mass is 2490 g/mol. The second-order valence-electron chi connectivity index (χ2n) is 6.86. The van der Waals surface area contributed by atoms with Crippen molar-refractivity contribution >= 4 is 255 Å². The second-order valence-corrected chi connectivity index (χ2v) is 237. The molecule has 2 unspecified atom stereocenters. The fraction of sp³-hybridized carbons (Fsp3) is 0.727. The van der Waals surface area contributed by atoms with Gasteiger partial charge in [0.15, 0.2) is 0 Å². The molecule has 0 spiro atoms. The van der Waals surface area contributed by atoms with Gasteiger partial charge in [-0.05, 0) is 0 Å². The quantitative estimate of drug-likeness (QED) is 0.160. The van der Waals surface area contributed by atoms with Gasteiger partial charge in [0.05, 0.1) is 0 Å². The van der Waals surface area contributed by atoms with Crippen LogP contribution in [0.4, 0.5) is 5.95 Å². The molecule has 33 heavy (non-hydrogen) atoms. The fourth-order valence-electron chi connectivity index (χ4n) is 2.93. The summed E-state index contributed by atoms with van der Waals surface area (Å²) in [6, 6.07) is 0. The van der Waals surface area contributed by atoms with E-state index < -0.39 is 63.3 Å². The Labute approximate surface area is 342 Å². The van der Waals surface area contributed by atoms with Gasteiger partial charge in [-0.3, -0.25) is 0 Å². The normalized spacial score (nSPS) is 26.5. The molecule has 1 aliphatic heterocycles. The van der Waals surface area contributed by atoms with Crippen molar-refractivity contribution in [1.82, 2.24) is 14.6 Å². The van der Waals surface area contributed by atoms with Crippen molar-refractivity contribution in [3.8, 4) is 0 Å². The summed E-state index contributed by atoms with van der Waals surface area (Å²) in [7, 11) is -1.99. The van der Waals surface area contributed by atoms with Crippen LogP contribution >= 0.6 is 249 Å². The number of hydrogen-bond acceptors (Lipinski definition) is 3. The zero-order chi connectivity index (χ0) is 25.7. The third kappa shape index (κ3) is 8.65. The van der Waals surface area contributed by atoms with Gasteiger partial charge in [0.25, 0.3) is 0 Å². The van der Waals surface area contributed by atoms with E-state index in [1.165, 1.54) is 17.3 Å². The molecule has 0 aromatic carbocycles. The first-order chi connectivity index (χ1) is 15.1. The molecule has 0 saturated heterocycles. The van der Waals surface area contributed by atoms with Crippen molar-refractivity contribution in [3.63, 3.8) is 0 Å². The molecule has 1 aromatic rings. The number of hydrazine groups is 1.